The van der Waals surface area contributed by atoms with E-state index in [0.717, 1.165) is 17.0 Å². The monoisotopic (exact) mass is 308 g/mol. The molecule has 0 bridgehead atoms. The Hall–Kier alpha value is -0.760. The summed E-state index contributed by atoms with van der Waals surface area (Å²) in [7, 11) is 1.72. The molecule has 98 valence electrons. The van der Waals surface area contributed by atoms with Gasteiger partial charge in [-0.15, -0.1) is 0 Å². The second-order valence-electron chi connectivity index (χ2n) is 4.96. The van der Waals surface area contributed by atoms with E-state index in [2.05, 4.69) is 40.2 Å². The number of halogens is 1. The summed E-state index contributed by atoms with van der Waals surface area (Å²) in [5.74, 6) is 1.70. The quantitative estimate of drug-likeness (QED) is 0.707. The average Bonchev–Trinajstić information content (AvgIpc) is 2.46. The highest BCUT2D eigenvalue weighted by atomic mass is 79.9. The Bertz CT molecular complexity index is 405. The van der Waals surface area contributed by atoms with Gasteiger partial charge in [0.25, 0.3) is 0 Å². The molecule has 1 aliphatic rings. The number of methoxy groups -OCH3 is 1. The average molecular weight is 309 g/mol. The molecule has 0 saturated heterocycles. The zero-order chi connectivity index (χ0) is 12.8. The smallest absolute Gasteiger partial charge is 0.119 e. The van der Waals surface area contributed by atoms with E-state index in [9.17, 15) is 0 Å². The molecule has 1 fully saturated rings. The van der Waals surface area contributed by atoms with Crippen LogP contribution in [0.3, 0.4) is 0 Å². The van der Waals surface area contributed by atoms with Crippen molar-refractivity contribution >= 4 is 22.0 Å². The second-order valence-corrected chi connectivity index (χ2v) is 5.53. The summed E-state index contributed by atoms with van der Waals surface area (Å²) in [6.07, 6.45) is 9.20. The minimum Gasteiger partial charge on any atom is -0.497 e. The predicted octanol–water partition coefficient (Wildman–Crippen LogP) is 5.05. The van der Waals surface area contributed by atoms with Crippen molar-refractivity contribution in [2.75, 3.05) is 12.4 Å². The third kappa shape index (κ3) is 3.61. The lowest BCUT2D eigenvalue weighted by molar-refractivity contribution is 0.405. The van der Waals surface area contributed by atoms with Gasteiger partial charge in [0.1, 0.15) is 5.75 Å². The lowest BCUT2D eigenvalue weighted by Gasteiger charge is -2.23. The van der Waals surface area contributed by atoms with Gasteiger partial charge in [-0.2, -0.15) is 0 Å². The Labute approximate surface area is 118 Å². The molecule has 1 aromatic rings. The molecular weight excluding hydrogens is 288 g/mol. The van der Waals surface area contributed by atoms with Gasteiger partial charge in [0, 0.05) is 5.33 Å². The molecule has 0 aliphatic heterocycles. The van der Waals surface area contributed by atoms with Crippen LogP contribution < -0.4 is 4.74 Å². The van der Waals surface area contributed by atoms with Crippen molar-refractivity contribution in [1.82, 2.24) is 0 Å². The first kappa shape index (κ1) is 13.7. The first-order chi connectivity index (χ1) is 8.83. The Balaban J connectivity index is 2.16. The van der Waals surface area contributed by atoms with Crippen LogP contribution in [0.1, 0.15) is 37.7 Å². The molecule has 0 radical (unpaired) electrons. The zero-order valence-electron chi connectivity index (χ0n) is 11.0. The number of benzene rings is 1. The van der Waals surface area contributed by atoms with E-state index in [4.69, 9.17) is 4.74 Å². The SMILES string of the molecule is COc1cccc(C=C(CBr)C2CCCCC2)c1. The van der Waals surface area contributed by atoms with E-state index >= 15 is 0 Å². The second kappa shape index (κ2) is 6.98. The molecule has 1 aliphatic carbocycles. The van der Waals surface area contributed by atoms with Crippen LogP contribution in [0.2, 0.25) is 0 Å². The molecule has 0 aromatic heterocycles. The van der Waals surface area contributed by atoms with Crippen LogP contribution in [0.25, 0.3) is 6.08 Å². The van der Waals surface area contributed by atoms with Gasteiger partial charge < -0.3 is 4.74 Å². The topological polar surface area (TPSA) is 9.23 Å². The highest BCUT2D eigenvalue weighted by Crippen LogP contribution is 2.32. The number of allylic oxidation sites excluding steroid dienone is 1. The fourth-order valence-electron chi connectivity index (χ4n) is 2.68. The Morgan fingerprint density at radius 3 is 2.78 bits per heavy atom. The fourth-order valence-corrected chi connectivity index (χ4v) is 3.30. The first-order valence-corrected chi connectivity index (χ1v) is 7.86. The molecule has 0 spiro atoms. The third-order valence-corrected chi connectivity index (χ3v) is 4.38. The van der Waals surface area contributed by atoms with Crippen LogP contribution in [0.5, 0.6) is 5.75 Å². The van der Waals surface area contributed by atoms with Gasteiger partial charge in [-0.3, -0.25) is 0 Å². The van der Waals surface area contributed by atoms with Crippen molar-refractivity contribution in [3.05, 3.63) is 35.4 Å². The standard InChI is InChI=1S/C16H21BrO/c1-18-16-9-5-6-13(11-16)10-15(12-17)14-7-3-2-4-8-14/h5-6,9-11,14H,2-4,7-8,12H2,1H3. The normalized spacial score (nSPS) is 17.8. The summed E-state index contributed by atoms with van der Waals surface area (Å²) in [6.45, 7) is 0. The van der Waals surface area contributed by atoms with E-state index < -0.39 is 0 Å². The van der Waals surface area contributed by atoms with E-state index in [0.29, 0.717) is 0 Å². The largest absolute Gasteiger partial charge is 0.497 e. The van der Waals surface area contributed by atoms with Crippen LogP contribution in [-0.2, 0) is 0 Å². The lowest BCUT2D eigenvalue weighted by atomic mass is 9.84. The van der Waals surface area contributed by atoms with Gasteiger partial charge in [0.2, 0.25) is 0 Å². The van der Waals surface area contributed by atoms with Gasteiger partial charge in [-0.1, -0.05) is 59.0 Å². The number of hydrogen-bond acceptors (Lipinski definition) is 1. The van der Waals surface area contributed by atoms with Crippen LogP contribution in [0, 0.1) is 5.92 Å². The van der Waals surface area contributed by atoms with Crippen molar-refractivity contribution in [2.24, 2.45) is 5.92 Å². The summed E-state index contributed by atoms with van der Waals surface area (Å²) >= 11 is 3.64. The van der Waals surface area contributed by atoms with Crippen molar-refractivity contribution in [3.63, 3.8) is 0 Å². The maximum Gasteiger partial charge on any atom is 0.119 e. The van der Waals surface area contributed by atoms with Gasteiger partial charge in [-0.25, -0.2) is 0 Å². The number of ether oxygens (including phenoxy) is 1. The highest BCUT2D eigenvalue weighted by molar-refractivity contribution is 9.09. The minimum atomic E-state index is 0.768. The molecule has 0 N–H and O–H groups in total. The molecule has 18 heavy (non-hydrogen) atoms. The molecule has 1 saturated carbocycles. The molecule has 2 heteroatoms. The van der Waals surface area contributed by atoms with Crippen LogP contribution in [-0.4, -0.2) is 12.4 Å². The van der Waals surface area contributed by atoms with Gasteiger partial charge in [0.15, 0.2) is 0 Å². The summed E-state index contributed by atoms with van der Waals surface area (Å²) in [5, 5.41) is 0.981. The molecule has 0 heterocycles. The van der Waals surface area contributed by atoms with Crippen LogP contribution in [0.15, 0.2) is 29.8 Å². The molecule has 0 unspecified atom stereocenters. The van der Waals surface area contributed by atoms with Gasteiger partial charge in [-0.05, 0) is 36.5 Å². The maximum absolute atomic E-state index is 5.27. The summed E-state index contributed by atoms with van der Waals surface area (Å²) in [4.78, 5) is 0. The maximum atomic E-state index is 5.27. The van der Waals surface area contributed by atoms with E-state index in [1.807, 2.05) is 6.07 Å². The Morgan fingerprint density at radius 1 is 1.33 bits per heavy atom. The number of alkyl halides is 1. The highest BCUT2D eigenvalue weighted by Gasteiger charge is 2.16. The minimum absolute atomic E-state index is 0.768. The van der Waals surface area contributed by atoms with E-state index in [1.54, 1.807) is 7.11 Å². The summed E-state index contributed by atoms with van der Waals surface area (Å²) in [6, 6.07) is 8.29. The Kier molecular flexibility index (Phi) is 5.30. The van der Waals surface area contributed by atoms with Gasteiger partial charge in [0.05, 0.1) is 7.11 Å². The van der Waals surface area contributed by atoms with Crippen LogP contribution in [0.4, 0.5) is 0 Å². The summed E-state index contributed by atoms with van der Waals surface area (Å²) in [5.41, 5.74) is 2.78. The zero-order valence-corrected chi connectivity index (χ0v) is 12.6. The summed E-state index contributed by atoms with van der Waals surface area (Å²) < 4.78 is 5.27. The molecular formula is C16H21BrO. The van der Waals surface area contributed by atoms with Crippen LogP contribution >= 0.6 is 15.9 Å². The molecule has 0 amide bonds. The molecule has 1 nitrogen and oxygen atoms in total. The molecule has 1 aromatic carbocycles. The fraction of sp³-hybridized carbons (Fsp3) is 0.500. The van der Waals surface area contributed by atoms with E-state index in [1.165, 1.54) is 43.2 Å². The number of hydrogen-bond donors (Lipinski definition) is 0. The third-order valence-electron chi connectivity index (χ3n) is 3.73. The Morgan fingerprint density at radius 2 is 2.11 bits per heavy atom. The molecule has 0 atom stereocenters. The van der Waals surface area contributed by atoms with Crippen molar-refractivity contribution in [2.45, 2.75) is 32.1 Å². The van der Waals surface area contributed by atoms with Crippen molar-refractivity contribution < 1.29 is 4.74 Å². The van der Waals surface area contributed by atoms with Crippen molar-refractivity contribution in [3.8, 4) is 5.75 Å². The van der Waals surface area contributed by atoms with E-state index in [-0.39, 0.29) is 0 Å². The molecule has 2 rings (SSSR count). The first-order valence-electron chi connectivity index (χ1n) is 6.74. The van der Waals surface area contributed by atoms with Gasteiger partial charge >= 0.3 is 0 Å². The van der Waals surface area contributed by atoms with Crippen molar-refractivity contribution in [1.29, 1.82) is 0 Å². The predicted molar refractivity (Wildman–Crippen MR) is 81.3 cm³/mol. The lowest BCUT2D eigenvalue weighted by Crippen LogP contribution is -2.10. The number of rotatable bonds is 4.